The Bertz CT molecular complexity index is 2550. The highest BCUT2D eigenvalue weighted by Crippen LogP contribution is 2.44. The van der Waals surface area contributed by atoms with Crippen molar-refractivity contribution < 1.29 is 54.9 Å². The van der Waals surface area contributed by atoms with E-state index in [0.29, 0.717) is 64.7 Å². The van der Waals surface area contributed by atoms with E-state index >= 15 is 8.78 Å². The number of nitrogens with one attached hydrogen (secondary N) is 2. The fourth-order valence-corrected chi connectivity index (χ4v) is 7.22. The lowest BCUT2D eigenvalue weighted by molar-refractivity contribution is -0.139. The van der Waals surface area contributed by atoms with Crippen molar-refractivity contribution in [2.45, 2.75) is 37.8 Å². The number of aliphatic carboxylic acids is 1. The Morgan fingerprint density at radius 1 is 0.912 bits per heavy atom. The van der Waals surface area contributed by atoms with Crippen molar-refractivity contribution in [1.82, 2.24) is 15.3 Å². The number of oxazole rings is 1. The van der Waals surface area contributed by atoms with E-state index in [2.05, 4.69) is 20.0 Å². The van der Waals surface area contributed by atoms with Crippen LogP contribution in [0.1, 0.15) is 34.3 Å². The quantitative estimate of drug-likeness (QED) is 0.0905. The molecule has 57 heavy (non-hydrogen) atoms. The van der Waals surface area contributed by atoms with Crippen molar-refractivity contribution in [3.05, 3.63) is 119 Å². The number of aryl methyl sites for hydroxylation is 1. The van der Waals surface area contributed by atoms with Gasteiger partial charge in [0.25, 0.3) is 15.9 Å². The molecule has 6 rings (SSSR count). The number of anilines is 1. The molecule has 13 nitrogen and oxygen atoms in total. The predicted octanol–water partition coefficient (Wildman–Crippen LogP) is 7.06. The molecule has 1 atom stereocenters. The van der Waals surface area contributed by atoms with Gasteiger partial charge in [-0.15, -0.1) is 0 Å². The lowest BCUT2D eigenvalue weighted by Gasteiger charge is -2.18. The lowest BCUT2D eigenvalue weighted by atomic mass is 9.96. The van der Waals surface area contributed by atoms with Crippen LogP contribution in [0, 0.1) is 24.5 Å². The first kappa shape index (κ1) is 40.2. The molecule has 0 bridgehead atoms. The number of carbonyl (C=O) groups excluding carboxylic acids is 1. The molecule has 0 saturated heterocycles. The second kappa shape index (κ2) is 16.7. The molecule has 0 fully saturated rings. The maximum Gasteiger partial charge on any atom is 0.326 e. The zero-order chi connectivity index (χ0) is 41.0. The first-order valence-corrected chi connectivity index (χ1v) is 18.7. The smallest absolute Gasteiger partial charge is 0.326 e. The third-order valence-corrected chi connectivity index (χ3v) is 10.2. The Morgan fingerprint density at radius 3 is 2.18 bits per heavy atom. The number of pyridine rings is 1. The monoisotopic (exact) mass is 804 g/mol. The van der Waals surface area contributed by atoms with Crippen molar-refractivity contribution >= 4 is 38.7 Å². The van der Waals surface area contributed by atoms with E-state index in [1.165, 1.54) is 56.8 Å². The number of carbonyl (C=O) groups is 2. The minimum atomic E-state index is -4.38. The summed E-state index contributed by atoms with van der Waals surface area (Å²) in [5.74, 6) is -5.42. The van der Waals surface area contributed by atoms with E-state index in [1.807, 2.05) is 6.92 Å². The molecule has 3 N–H and O–H groups in total. The van der Waals surface area contributed by atoms with Gasteiger partial charge in [0.2, 0.25) is 5.95 Å². The Kier molecular flexibility index (Phi) is 11.8. The van der Waals surface area contributed by atoms with Gasteiger partial charge < -0.3 is 29.1 Å². The number of ether oxygens (including phenoxy) is 3. The number of hydrogen-bond acceptors (Lipinski definition) is 10. The largest absolute Gasteiger partial charge is 0.496 e. The zero-order valence-corrected chi connectivity index (χ0v) is 31.7. The number of sulfonamides is 1. The average Bonchev–Trinajstić information content (AvgIpc) is 3.58. The molecule has 2 heterocycles. The number of carboxylic acids is 1. The molecule has 0 aliphatic heterocycles. The van der Waals surface area contributed by atoms with Gasteiger partial charge in [0.15, 0.2) is 11.5 Å². The number of hydrogen-bond donors (Lipinski definition) is 3. The second-order valence-corrected chi connectivity index (χ2v) is 14.3. The summed E-state index contributed by atoms with van der Waals surface area (Å²) in [6.45, 7) is 4.29. The first-order chi connectivity index (χ1) is 27.2. The number of aromatic nitrogens is 2. The van der Waals surface area contributed by atoms with Crippen molar-refractivity contribution in [3.63, 3.8) is 0 Å². The van der Waals surface area contributed by atoms with Crippen LogP contribution in [0.25, 0.3) is 33.4 Å². The van der Waals surface area contributed by atoms with Crippen LogP contribution >= 0.6 is 0 Å². The molecule has 0 unspecified atom stereocenters. The highest BCUT2D eigenvalue weighted by molar-refractivity contribution is 7.92. The molecule has 6 aromatic rings. The number of carboxylic acid groups (broad SMARTS) is 1. The summed E-state index contributed by atoms with van der Waals surface area (Å²) < 4.78 is 95.3. The van der Waals surface area contributed by atoms with E-state index in [9.17, 15) is 27.5 Å². The second-order valence-electron chi connectivity index (χ2n) is 12.6. The summed E-state index contributed by atoms with van der Waals surface area (Å²) in [5.41, 5.74) is 1.96. The molecule has 17 heteroatoms. The summed E-state index contributed by atoms with van der Waals surface area (Å²) >= 11 is 0. The summed E-state index contributed by atoms with van der Waals surface area (Å²) in [5, 5.41) is 12.3. The summed E-state index contributed by atoms with van der Waals surface area (Å²) in [7, 11) is -1.40. The van der Waals surface area contributed by atoms with Crippen molar-refractivity contribution in [2.24, 2.45) is 0 Å². The lowest BCUT2D eigenvalue weighted by Crippen LogP contribution is -2.43. The van der Waals surface area contributed by atoms with Gasteiger partial charge >= 0.3 is 5.97 Å². The van der Waals surface area contributed by atoms with Crippen LogP contribution in [0.4, 0.5) is 18.9 Å². The Balaban J connectivity index is 1.23. The number of halogens is 3. The SMILES string of the molecule is CCOCc1cc(OC)c(-c2ccc(C[C@H](NC(=O)c3c(F)cc(NS(=O)(=O)c4ccc(-c5ccnc(F)c5)cc4)cc3F)C(=O)O)c3nc(C)oc23)c(OC)c1. The number of methoxy groups -OCH3 is 2. The van der Waals surface area contributed by atoms with Crippen LogP contribution in [0.2, 0.25) is 0 Å². The van der Waals surface area contributed by atoms with E-state index in [4.69, 9.17) is 18.6 Å². The van der Waals surface area contributed by atoms with E-state index in [-0.39, 0.29) is 28.3 Å². The minimum absolute atomic E-state index is 0.249. The van der Waals surface area contributed by atoms with Crippen LogP contribution in [0.5, 0.6) is 11.5 Å². The van der Waals surface area contributed by atoms with Gasteiger partial charge in [-0.3, -0.25) is 9.52 Å². The Morgan fingerprint density at radius 2 is 1.58 bits per heavy atom. The van der Waals surface area contributed by atoms with Gasteiger partial charge in [-0.05, 0) is 77.7 Å². The van der Waals surface area contributed by atoms with Crippen LogP contribution < -0.4 is 19.5 Å². The Hall–Kier alpha value is -6.46. The predicted molar refractivity (Wildman–Crippen MR) is 202 cm³/mol. The highest BCUT2D eigenvalue weighted by Gasteiger charge is 2.29. The van der Waals surface area contributed by atoms with Gasteiger partial charge in [-0.25, -0.2) is 32.0 Å². The van der Waals surface area contributed by atoms with Crippen LogP contribution in [0.3, 0.4) is 0 Å². The molecule has 0 radical (unpaired) electrons. The highest BCUT2D eigenvalue weighted by atomic mass is 32.2. The number of amides is 1. The maximum absolute atomic E-state index is 15.3. The number of fused-ring (bicyclic) bond motifs is 1. The van der Waals surface area contributed by atoms with E-state index in [0.717, 1.165) is 5.56 Å². The molecule has 1 amide bonds. The standard InChI is InChI=1S/C40H35F3N4O9S/c1-5-55-20-22-14-32(53-3)35(33(15-22)54-4)28-11-8-25(37-38(28)56-21(2)45-37)16-31(40(49)50)46-39(48)36-29(41)18-26(19-30(36)42)47-57(51,52)27-9-6-23(7-10-27)24-12-13-44-34(43)17-24/h6-15,17-19,31,47H,5,16,20H2,1-4H3,(H,46,48)(H,49,50)/t31-/m0/s1. The zero-order valence-electron chi connectivity index (χ0n) is 30.9. The van der Waals surface area contributed by atoms with Gasteiger partial charge in [-0.2, -0.15) is 4.39 Å². The third kappa shape index (κ3) is 8.69. The minimum Gasteiger partial charge on any atom is -0.496 e. The van der Waals surface area contributed by atoms with Crippen LogP contribution in [-0.4, -0.2) is 62.2 Å². The first-order valence-electron chi connectivity index (χ1n) is 17.2. The summed E-state index contributed by atoms with van der Waals surface area (Å²) in [6.07, 6.45) is 0.879. The van der Waals surface area contributed by atoms with Gasteiger partial charge in [0.1, 0.15) is 40.3 Å². The number of nitrogens with zero attached hydrogens (tertiary/aromatic N) is 2. The molecular formula is C40H35F3N4O9S. The molecule has 0 saturated carbocycles. The molecule has 296 valence electrons. The van der Waals surface area contributed by atoms with Gasteiger partial charge in [0, 0.05) is 37.8 Å². The molecule has 0 aliphatic rings. The topological polar surface area (TPSA) is 179 Å². The molecule has 0 spiro atoms. The fourth-order valence-electron chi connectivity index (χ4n) is 6.18. The Labute approximate surface area is 324 Å². The fraction of sp³-hybridized carbons (Fsp3) is 0.200. The van der Waals surface area contributed by atoms with Crippen LogP contribution in [0.15, 0.2) is 88.3 Å². The van der Waals surface area contributed by atoms with Gasteiger partial charge in [0.05, 0.1) is 37.0 Å². The van der Waals surface area contributed by atoms with Crippen molar-refractivity contribution in [2.75, 3.05) is 25.5 Å². The van der Waals surface area contributed by atoms with Crippen molar-refractivity contribution in [1.29, 1.82) is 0 Å². The van der Waals surface area contributed by atoms with E-state index in [1.54, 1.807) is 31.2 Å². The summed E-state index contributed by atoms with van der Waals surface area (Å²) in [6, 6.07) is 14.3. The third-order valence-electron chi connectivity index (χ3n) is 8.82. The number of rotatable bonds is 15. The molecular weight excluding hydrogens is 770 g/mol. The van der Waals surface area contributed by atoms with Crippen LogP contribution in [-0.2, 0) is 32.6 Å². The summed E-state index contributed by atoms with van der Waals surface area (Å²) in [4.78, 5) is 33.3. The van der Waals surface area contributed by atoms with E-state index < -0.39 is 56.8 Å². The number of benzene rings is 4. The molecule has 2 aromatic heterocycles. The molecule has 4 aromatic carbocycles. The normalized spacial score (nSPS) is 12.0. The average molecular weight is 805 g/mol. The van der Waals surface area contributed by atoms with Gasteiger partial charge in [-0.1, -0.05) is 18.2 Å². The molecule has 0 aliphatic carbocycles. The van der Waals surface area contributed by atoms with Crippen molar-refractivity contribution in [3.8, 4) is 33.8 Å². The maximum atomic E-state index is 15.3.